The van der Waals surface area contributed by atoms with Crippen LogP contribution in [0.1, 0.15) is 52.1 Å². The van der Waals surface area contributed by atoms with E-state index in [2.05, 4.69) is 30.7 Å². The average Bonchev–Trinajstić information content (AvgIpc) is 3.17. The third kappa shape index (κ3) is 4.42. The molecule has 1 aliphatic heterocycles. The van der Waals surface area contributed by atoms with Crippen LogP contribution in [0.5, 0.6) is 0 Å². The molecule has 1 saturated heterocycles. The number of aliphatic hydroxyl groups is 1. The standard InChI is InChI=1S/C18H29N5O5Si/c1-9(2)15(25)23-16(26)13-14(21-17(23)19)22(8-20-13)12-6-10(24)11(28-12)7-27-29-18(3,4)5/h8-12,24H,6-7,29H2,1-5H3,(H2,19,21)/t10-,11+,12+/m0/s1. The van der Waals surface area contributed by atoms with Crippen LogP contribution in [0.25, 0.3) is 11.2 Å². The molecule has 11 heteroatoms. The van der Waals surface area contributed by atoms with E-state index >= 15 is 0 Å². The smallest absolute Gasteiger partial charge is 0.289 e. The Hall–Kier alpha value is -2.08. The van der Waals surface area contributed by atoms with Crippen molar-refractivity contribution in [1.82, 2.24) is 19.1 Å². The van der Waals surface area contributed by atoms with Crippen LogP contribution in [0.15, 0.2) is 11.1 Å². The van der Waals surface area contributed by atoms with Gasteiger partial charge in [-0.2, -0.15) is 4.98 Å². The summed E-state index contributed by atoms with van der Waals surface area (Å²) in [6, 6.07) is 0. The topological polar surface area (TPSA) is 134 Å². The molecule has 3 N–H and O–H groups in total. The summed E-state index contributed by atoms with van der Waals surface area (Å²) < 4.78 is 14.2. The summed E-state index contributed by atoms with van der Waals surface area (Å²) in [5.74, 6) is -1.05. The molecule has 2 aromatic heterocycles. The van der Waals surface area contributed by atoms with Gasteiger partial charge in [-0.25, -0.2) is 9.55 Å². The minimum absolute atomic E-state index is 0.0335. The normalized spacial score (nSPS) is 23.1. The summed E-state index contributed by atoms with van der Waals surface area (Å²) in [5.41, 5.74) is 5.55. The number of nitrogens with two attached hydrogens (primary N) is 1. The number of anilines is 1. The van der Waals surface area contributed by atoms with Crippen LogP contribution in [-0.4, -0.2) is 58.7 Å². The third-order valence-electron chi connectivity index (χ3n) is 4.67. The van der Waals surface area contributed by atoms with Crippen molar-refractivity contribution in [2.24, 2.45) is 5.92 Å². The van der Waals surface area contributed by atoms with Crippen molar-refractivity contribution in [3.63, 3.8) is 0 Å². The number of aliphatic hydroxyl groups excluding tert-OH is 1. The maximum Gasteiger partial charge on any atom is 0.289 e. The van der Waals surface area contributed by atoms with E-state index < -0.39 is 45.6 Å². The number of carbonyl (C=O) groups excluding carboxylic acids is 1. The average molecular weight is 424 g/mol. The lowest BCUT2D eigenvalue weighted by molar-refractivity contribution is -0.0383. The van der Waals surface area contributed by atoms with Gasteiger partial charge in [-0.1, -0.05) is 34.6 Å². The highest BCUT2D eigenvalue weighted by Gasteiger charge is 2.36. The molecular formula is C18H29N5O5Si. The highest BCUT2D eigenvalue weighted by molar-refractivity contribution is 6.31. The molecule has 0 aromatic carbocycles. The SMILES string of the molecule is CC(C)C(=O)n1c(N)nc2c(ncn2[C@H]2C[C@H](O)[C@@H](CO[SiH2]C(C)(C)C)O2)c1=O. The van der Waals surface area contributed by atoms with Crippen molar-refractivity contribution >= 4 is 32.8 Å². The predicted molar refractivity (Wildman–Crippen MR) is 110 cm³/mol. The number of imidazole rings is 1. The van der Waals surface area contributed by atoms with Crippen LogP contribution in [0.3, 0.4) is 0 Å². The Morgan fingerprint density at radius 1 is 1.48 bits per heavy atom. The third-order valence-corrected chi connectivity index (χ3v) is 5.97. The molecule has 3 heterocycles. The van der Waals surface area contributed by atoms with Crippen LogP contribution in [0.2, 0.25) is 5.04 Å². The Balaban J connectivity index is 1.84. The summed E-state index contributed by atoms with van der Waals surface area (Å²) in [5, 5.41) is 10.5. The molecule has 0 bridgehead atoms. The zero-order chi connectivity index (χ0) is 21.5. The zero-order valence-corrected chi connectivity index (χ0v) is 18.9. The second kappa shape index (κ2) is 7.98. The largest absolute Gasteiger partial charge is 0.421 e. The van der Waals surface area contributed by atoms with Gasteiger partial charge in [0.05, 0.1) is 19.0 Å². The Bertz CT molecular complexity index is 964. The number of nitrogens with zero attached hydrogens (tertiary/aromatic N) is 4. The summed E-state index contributed by atoms with van der Waals surface area (Å²) in [7, 11) is -0.755. The van der Waals surface area contributed by atoms with Crippen molar-refractivity contribution in [3.8, 4) is 0 Å². The van der Waals surface area contributed by atoms with Gasteiger partial charge >= 0.3 is 0 Å². The fraction of sp³-hybridized carbons (Fsp3) is 0.667. The fourth-order valence-corrected chi connectivity index (χ4v) is 4.15. The van der Waals surface area contributed by atoms with Gasteiger partial charge in [0.25, 0.3) is 5.56 Å². The maximum absolute atomic E-state index is 12.7. The number of nitrogen functional groups attached to an aromatic ring is 1. The number of aromatic nitrogens is 4. The van der Waals surface area contributed by atoms with E-state index in [1.165, 1.54) is 6.33 Å². The molecule has 3 atom stereocenters. The van der Waals surface area contributed by atoms with Crippen molar-refractivity contribution in [3.05, 3.63) is 16.7 Å². The Morgan fingerprint density at radius 3 is 2.79 bits per heavy atom. The van der Waals surface area contributed by atoms with Crippen LogP contribution in [-0.2, 0) is 9.16 Å². The second-order valence-electron chi connectivity index (χ2n) is 8.94. The van der Waals surface area contributed by atoms with Gasteiger partial charge in [-0.15, -0.1) is 0 Å². The minimum atomic E-state index is -0.755. The Kier molecular flexibility index (Phi) is 5.95. The van der Waals surface area contributed by atoms with Gasteiger partial charge in [-0.3, -0.25) is 14.2 Å². The number of hydrogen-bond donors (Lipinski definition) is 2. The first-order valence-electron chi connectivity index (χ1n) is 9.70. The lowest BCUT2D eigenvalue weighted by atomic mass is 10.2. The molecule has 0 aliphatic carbocycles. The molecule has 1 aliphatic rings. The first-order valence-corrected chi connectivity index (χ1v) is 11.0. The summed E-state index contributed by atoms with van der Waals surface area (Å²) in [6.45, 7) is 10.0. The van der Waals surface area contributed by atoms with E-state index in [9.17, 15) is 14.7 Å². The highest BCUT2D eigenvalue weighted by Crippen LogP contribution is 2.31. The van der Waals surface area contributed by atoms with E-state index in [0.717, 1.165) is 4.57 Å². The van der Waals surface area contributed by atoms with Crippen LogP contribution < -0.4 is 11.3 Å². The number of carbonyl (C=O) groups is 1. The first kappa shape index (κ1) is 21.6. The molecule has 3 rings (SSSR count). The monoisotopic (exact) mass is 423 g/mol. The van der Waals surface area contributed by atoms with Gasteiger partial charge in [0.15, 0.2) is 20.9 Å². The molecule has 0 unspecified atom stereocenters. The maximum atomic E-state index is 12.7. The molecule has 10 nitrogen and oxygen atoms in total. The van der Waals surface area contributed by atoms with E-state index in [-0.39, 0.29) is 22.2 Å². The first-order chi connectivity index (χ1) is 13.5. The van der Waals surface area contributed by atoms with E-state index in [1.54, 1.807) is 18.4 Å². The number of fused-ring (bicyclic) bond motifs is 1. The molecule has 29 heavy (non-hydrogen) atoms. The number of hydrogen-bond acceptors (Lipinski definition) is 8. The highest BCUT2D eigenvalue weighted by atomic mass is 28.2. The zero-order valence-electron chi connectivity index (χ0n) is 17.5. The molecule has 160 valence electrons. The van der Waals surface area contributed by atoms with Gasteiger partial charge in [0, 0.05) is 12.3 Å². The summed E-state index contributed by atoms with van der Waals surface area (Å²) >= 11 is 0. The molecule has 0 radical (unpaired) electrons. The van der Waals surface area contributed by atoms with Crippen molar-refractivity contribution in [2.75, 3.05) is 12.3 Å². The van der Waals surface area contributed by atoms with Crippen LogP contribution >= 0.6 is 0 Å². The number of rotatable bonds is 5. The number of ether oxygens (including phenoxy) is 1. The van der Waals surface area contributed by atoms with E-state index in [1.807, 2.05) is 0 Å². The van der Waals surface area contributed by atoms with Gasteiger partial charge in [0.1, 0.15) is 12.3 Å². The fourth-order valence-electron chi connectivity index (χ4n) is 3.18. The molecule has 1 fully saturated rings. The van der Waals surface area contributed by atoms with Crippen molar-refractivity contribution in [1.29, 1.82) is 0 Å². The van der Waals surface area contributed by atoms with E-state index in [4.69, 9.17) is 14.9 Å². The molecule has 0 spiro atoms. The van der Waals surface area contributed by atoms with Gasteiger partial charge < -0.3 is 20.0 Å². The van der Waals surface area contributed by atoms with Crippen LogP contribution in [0, 0.1) is 5.92 Å². The molecule has 0 amide bonds. The minimum Gasteiger partial charge on any atom is -0.421 e. The second-order valence-corrected chi connectivity index (χ2v) is 11.8. The van der Waals surface area contributed by atoms with Gasteiger partial charge in [0.2, 0.25) is 11.9 Å². The van der Waals surface area contributed by atoms with Crippen molar-refractivity contribution in [2.45, 2.75) is 64.5 Å². The van der Waals surface area contributed by atoms with Gasteiger partial charge in [-0.05, 0) is 5.04 Å². The van der Waals surface area contributed by atoms with E-state index in [0.29, 0.717) is 13.0 Å². The van der Waals surface area contributed by atoms with Crippen LogP contribution in [0.4, 0.5) is 5.95 Å². The lowest BCUT2D eigenvalue weighted by Gasteiger charge is -2.20. The lowest BCUT2D eigenvalue weighted by Crippen LogP contribution is -2.33. The summed E-state index contributed by atoms with van der Waals surface area (Å²) in [6.07, 6.45) is 0.0152. The molecule has 0 saturated carbocycles. The van der Waals surface area contributed by atoms with Crippen molar-refractivity contribution < 1.29 is 19.1 Å². The molecular weight excluding hydrogens is 394 g/mol. The summed E-state index contributed by atoms with van der Waals surface area (Å²) in [4.78, 5) is 33.4. The Morgan fingerprint density at radius 2 is 2.17 bits per heavy atom. The Labute approximate surface area is 171 Å². The molecule has 2 aromatic rings. The quantitative estimate of drug-likeness (QED) is 0.662. The predicted octanol–water partition coefficient (Wildman–Crippen LogP) is 0.439.